The van der Waals surface area contributed by atoms with Crippen molar-refractivity contribution in [1.29, 1.82) is 0 Å². The van der Waals surface area contributed by atoms with Crippen molar-refractivity contribution in [3.05, 3.63) is 29.6 Å². The molecular weight excluding hydrogens is 221 g/mol. The van der Waals surface area contributed by atoms with Gasteiger partial charge in [-0.3, -0.25) is 4.90 Å². The standard InChI is InChI=1S/C13H18FNO2/c1-13(16)5-6-15(9-13)8-10-3-4-11(17-2)7-12(10)14/h3-4,7,16H,5-6,8-9H2,1-2H3. The average Bonchev–Trinajstić information content (AvgIpc) is 2.61. The molecule has 1 saturated heterocycles. The third-order valence-electron chi connectivity index (χ3n) is 3.19. The van der Waals surface area contributed by atoms with Crippen molar-refractivity contribution >= 4 is 0 Å². The van der Waals surface area contributed by atoms with Crippen LogP contribution < -0.4 is 4.74 Å². The zero-order valence-corrected chi connectivity index (χ0v) is 10.2. The normalized spacial score (nSPS) is 25.2. The second-order valence-electron chi connectivity index (χ2n) is 4.91. The number of rotatable bonds is 3. The van der Waals surface area contributed by atoms with Gasteiger partial charge in [0.25, 0.3) is 0 Å². The summed E-state index contributed by atoms with van der Waals surface area (Å²) in [6, 6.07) is 4.89. The van der Waals surface area contributed by atoms with E-state index in [-0.39, 0.29) is 5.82 Å². The molecule has 0 aromatic heterocycles. The number of β-amino-alcohol motifs (C(OH)–C–C–N with tert-alkyl or cyclic N) is 1. The van der Waals surface area contributed by atoms with E-state index in [4.69, 9.17) is 4.74 Å². The van der Waals surface area contributed by atoms with E-state index in [9.17, 15) is 9.50 Å². The van der Waals surface area contributed by atoms with Crippen LogP contribution in [0, 0.1) is 5.82 Å². The molecule has 1 atom stereocenters. The number of hydrogen-bond donors (Lipinski definition) is 1. The highest BCUT2D eigenvalue weighted by Crippen LogP contribution is 2.24. The summed E-state index contributed by atoms with van der Waals surface area (Å²) in [6.45, 7) is 3.75. The first-order chi connectivity index (χ1) is 8.00. The van der Waals surface area contributed by atoms with E-state index < -0.39 is 5.60 Å². The Morgan fingerprint density at radius 2 is 2.29 bits per heavy atom. The highest BCUT2D eigenvalue weighted by atomic mass is 19.1. The predicted molar refractivity (Wildman–Crippen MR) is 63.5 cm³/mol. The second kappa shape index (κ2) is 4.63. The maximum absolute atomic E-state index is 13.7. The number of halogens is 1. The summed E-state index contributed by atoms with van der Waals surface area (Å²) in [5.74, 6) is 0.274. The van der Waals surface area contributed by atoms with Crippen LogP contribution in [0.25, 0.3) is 0 Å². The first-order valence-electron chi connectivity index (χ1n) is 5.77. The van der Waals surface area contributed by atoms with E-state index in [0.717, 1.165) is 13.0 Å². The van der Waals surface area contributed by atoms with Gasteiger partial charge in [0.1, 0.15) is 11.6 Å². The van der Waals surface area contributed by atoms with Crippen LogP contribution in [-0.2, 0) is 6.54 Å². The Morgan fingerprint density at radius 1 is 1.53 bits per heavy atom. The second-order valence-corrected chi connectivity index (χ2v) is 4.91. The number of nitrogens with zero attached hydrogens (tertiary/aromatic N) is 1. The summed E-state index contributed by atoms with van der Waals surface area (Å²) in [5, 5.41) is 9.84. The Balaban J connectivity index is 2.04. The van der Waals surface area contributed by atoms with Gasteiger partial charge in [-0.25, -0.2) is 4.39 Å². The molecule has 0 bridgehead atoms. The van der Waals surface area contributed by atoms with Gasteiger partial charge in [-0.05, 0) is 19.4 Å². The summed E-state index contributed by atoms with van der Waals surface area (Å²) >= 11 is 0. The van der Waals surface area contributed by atoms with Crippen LogP contribution in [0.3, 0.4) is 0 Å². The third-order valence-corrected chi connectivity index (χ3v) is 3.19. The van der Waals surface area contributed by atoms with Crippen molar-refractivity contribution in [2.75, 3.05) is 20.2 Å². The molecule has 1 aromatic carbocycles. The first-order valence-corrected chi connectivity index (χ1v) is 5.77. The van der Waals surface area contributed by atoms with Crippen molar-refractivity contribution in [2.45, 2.75) is 25.5 Å². The maximum Gasteiger partial charge on any atom is 0.131 e. The molecule has 1 N–H and O–H groups in total. The molecule has 2 rings (SSSR count). The molecule has 0 spiro atoms. The number of hydrogen-bond acceptors (Lipinski definition) is 3. The van der Waals surface area contributed by atoms with E-state index in [0.29, 0.717) is 24.4 Å². The van der Waals surface area contributed by atoms with Crippen LogP contribution in [0.2, 0.25) is 0 Å². The summed E-state index contributed by atoms with van der Waals surface area (Å²) in [4.78, 5) is 2.06. The molecule has 0 saturated carbocycles. The zero-order chi connectivity index (χ0) is 12.5. The number of ether oxygens (including phenoxy) is 1. The van der Waals surface area contributed by atoms with E-state index in [1.54, 1.807) is 12.1 Å². The molecule has 1 heterocycles. The number of benzene rings is 1. The van der Waals surface area contributed by atoms with Crippen LogP contribution in [0.5, 0.6) is 5.75 Å². The molecule has 1 fully saturated rings. The molecule has 94 valence electrons. The lowest BCUT2D eigenvalue weighted by molar-refractivity contribution is 0.0677. The monoisotopic (exact) mass is 239 g/mol. The van der Waals surface area contributed by atoms with Gasteiger partial charge in [0.05, 0.1) is 12.7 Å². The minimum absolute atomic E-state index is 0.254. The molecular formula is C13H18FNO2. The lowest BCUT2D eigenvalue weighted by atomic mass is 10.1. The number of likely N-dealkylation sites (tertiary alicyclic amines) is 1. The van der Waals surface area contributed by atoms with Gasteiger partial charge in [-0.2, -0.15) is 0 Å². The minimum Gasteiger partial charge on any atom is -0.497 e. The van der Waals surface area contributed by atoms with Gasteiger partial charge >= 0.3 is 0 Å². The van der Waals surface area contributed by atoms with Gasteiger partial charge in [-0.15, -0.1) is 0 Å². The molecule has 1 aliphatic rings. The van der Waals surface area contributed by atoms with E-state index >= 15 is 0 Å². The van der Waals surface area contributed by atoms with Gasteiger partial charge in [0, 0.05) is 31.3 Å². The Labute approximate surface area is 101 Å². The van der Waals surface area contributed by atoms with Crippen molar-refractivity contribution in [3.63, 3.8) is 0 Å². The quantitative estimate of drug-likeness (QED) is 0.873. The molecule has 0 aliphatic carbocycles. The lowest BCUT2D eigenvalue weighted by Crippen LogP contribution is -2.29. The van der Waals surface area contributed by atoms with Gasteiger partial charge in [0.15, 0.2) is 0 Å². The third kappa shape index (κ3) is 2.96. The minimum atomic E-state index is -0.636. The van der Waals surface area contributed by atoms with Crippen LogP contribution in [0.4, 0.5) is 4.39 Å². The van der Waals surface area contributed by atoms with Crippen molar-refractivity contribution in [1.82, 2.24) is 4.90 Å². The van der Waals surface area contributed by atoms with Crippen molar-refractivity contribution in [2.24, 2.45) is 0 Å². The fourth-order valence-electron chi connectivity index (χ4n) is 2.20. The predicted octanol–water partition coefficient (Wildman–Crippen LogP) is 1.79. The lowest BCUT2D eigenvalue weighted by Gasteiger charge is -2.19. The molecule has 3 nitrogen and oxygen atoms in total. The molecule has 4 heteroatoms. The van der Waals surface area contributed by atoms with Crippen molar-refractivity contribution < 1.29 is 14.2 Å². The van der Waals surface area contributed by atoms with Gasteiger partial charge in [0.2, 0.25) is 0 Å². The Kier molecular flexibility index (Phi) is 3.35. The molecule has 1 unspecified atom stereocenters. The average molecular weight is 239 g/mol. The van der Waals surface area contributed by atoms with Crippen LogP contribution >= 0.6 is 0 Å². The SMILES string of the molecule is COc1ccc(CN2CCC(C)(O)C2)c(F)c1. The first kappa shape index (κ1) is 12.3. The topological polar surface area (TPSA) is 32.7 Å². The van der Waals surface area contributed by atoms with E-state index in [2.05, 4.69) is 4.90 Å². The zero-order valence-electron chi connectivity index (χ0n) is 10.2. The summed E-state index contributed by atoms with van der Waals surface area (Å²) in [7, 11) is 1.52. The summed E-state index contributed by atoms with van der Waals surface area (Å²) in [6.07, 6.45) is 0.741. The Hall–Kier alpha value is -1.13. The van der Waals surface area contributed by atoms with Crippen LogP contribution in [0.15, 0.2) is 18.2 Å². The fraction of sp³-hybridized carbons (Fsp3) is 0.538. The molecule has 0 amide bonds. The molecule has 1 aromatic rings. The smallest absolute Gasteiger partial charge is 0.131 e. The molecule has 17 heavy (non-hydrogen) atoms. The van der Waals surface area contributed by atoms with Gasteiger partial charge in [-0.1, -0.05) is 6.07 Å². The van der Waals surface area contributed by atoms with Crippen molar-refractivity contribution in [3.8, 4) is 5.75 Å². The van der Waals surface area contributed by atoms with Crippen LogP contribution in [0.1, 0.15) is 18.9 Å². The largest absolute Gasteiger partial charge is 0.497 e. The van der Waals surface area contributed by atoms with E-state index in [1.807, 2.05) is 6.92 Å². The molecule has 1 aliphatic heterocycles. The summed E-state index contributed by atoms with van der Waals surface area (Å²) in [5.41, 5.74) is 0.00616. The maximum atomic E-state index is 13.7. The highest BCUT2D eigenvalue weighted by Gasteiger charge is 2.31. The Morgan fingerprint density at radius 3 is 2.82 bits per heavy atom. The van der Waals surface area contributed by atoms with Crippen LogP contribution in [-0.4, -0.2) is 35.8 Å². The molecule has 0 radical (unpaired) electrons. The fourth-order valence-corrected chi connectivity index (χ4v) is 2.20. The summed E-state index contributed by atoms with van der Waals surface area (Å²) < 4.78 is 18.7. The van der Waals surface area contributed by atoms with E-state index in [1.165, 1.54) is 13.2 Å². The number of aliphatic hydroxyl groups is 1. The highest BCUT2D eigenvalue weighted by molar-refractivity contribution is 5.28. The van der Waals surface area contributed by atoms with Gasteiger partial charge < -0.3 is 9.84 Å². The Bertz CT molecular complexity index is 406. The number of methoxy groups -OCH3 is 1.